The second-order valence-corrected chi connectivity index (χ2v) is 5.96. The van der Waals surface area contributed by atoms with E-state index in [2.05, 4.69) is 0 Å². The Morgan fingerprint density at radius 1 is 0.786 bits per heavy atom. The summed E-state index contributed by atoms with van der Waals surface area (Å²) >= 11 is 0. The highest BCUT2D eigenvalue weighted by atomic mass is 16.4. The number of aliphatic hydroxyl groups is 2. The fourth-order valence-corrected chi connectivity index (χ4v) is 2.36. The number of nitrogens with one attached hydrogen (secondary N) is 2. The van der Waals surface area contributed by atoms with Gasteiger partial charge in [0.05, 0.1) is 13.1 Å². The summed E-state index contributed by atoms with van der Waals surface area (Å²) in [6, 6.07) is 5.68. The van der Waals surface area contributed by atoms with E-state index >= 15 is 0 Å². The number of aliphatic carboxylic acids is 2. The Hall–Kier alpha value is -3.06. The van der Waals surface area contributed by atoms with E-state index in [0.29, 0.717) is 0 Å². The van der Waals surface area contributed by atoms with Gasteiger partial charge >= 0.3 is 11.9 Å². The normalized spacial score (nSPS) is 15.0. The van der Waals surface area contributed by atoms with Crippen molar-refractivity contribution in [1.29, 1.82) is 0 Å². The molecule has 0 spiro atoms. The van der Waals surface area contributed by atoms with Crippen molar-refractivity contribution in [3.8, 4) is 0 Å². The molecule has 0 saturated heterocycles. The Morgan fingerprint density at radius 3 is 1.36 bits per heavy atom. The van der Waals surface area contributed by atoms with Crippen LogP contribution in [0.1, 0.15) is 11.1 Å². The monoisotopic (exact) mass is 398 g/mol. The molecule has 1 rings (SSSR count). The number of benzene rings is 1. The van der Waals surface area contributed by atoms with Gasteiger partial charge in [0.15, 0.2) is 0 Å². The molecular formula is C16H22N4O8. The molecule has 12 heteroatoms. The van der Waals surface area contributed by atoms with Gasteiger partial charge in [0, 0.05) is 12.8 Å². The molecule has 0 heterocycles. The van der Waals surface area contributed by atoms with Crippen molar-refractivity contribution in [2.24, 2.45) is 11.5 Å². The Morgan fingerprint density at radius 2 is 1.11 bits per heavy atom. The van der Waals surface area contributed by atoms with E-state index in [9.17, 15) is 39.6 Å². The van der Waals surface area contributed by atoms with Crippen molar-refractivity contribution in [3.63, 3.8) is 0 Å². The van der Waals surface area contributed by atoms with Gasteiger partial charge in [-0.05, 0) is 11.1 Å². The fourth-order valence-electron chi connectivity index (χ4n) is 2.36. The fraction of sp³-hybridized carbons (Fsp3) is 0.375. The maximum Gasteiger partial charge on any atom is 0.357 e. The molecule has 0 fully saturated rings. The van der Waals surface area contributed by atoms with E-state index < -0.39 is 61.1 Å². The molecule has 0 radical (unpaired) electrons. The zero-order valence-corrected chi connectivity index (χ0v) is 14.7. The number of carbonyl (C=O) groups excluding carboxylic acids is 2. The smallest absolute Gasteiger partial charge is 0.357 e. The van der Waals surface area contributed by atoms with Crippen molar-refractivity contribution in [1.82, 2.24) is 10.6 Å². The van der Waals surface area contributed by atoms with Crippen LogP contribution in [0, 0.1) is 0 Å². The van der Waals surface area contributed by atoms with Gasteiger partial charge in [0.25, 0.3) is 0 Å². The lowest BCUT2D eigenvalue weighted by Gasteiger charge is -2.28. The van der Waals surface area contributed by atoms with Crippen LogP contribution >= 0.6 is 0 Å². The molecule has 12 nitrogen and oxygen atoms in total. The summed E-state index contributed by atoms with van der Waals surface area (Å²) in [6.45, 7) is -1.14. The Labute approximate surface area is 159 Å². The summed E-state index contributed by atoms with van der Waals surface area (Å²) in [5.74, 6) is -5.40. The minimum atomic E-state index is -2.73. The zero-order valence-electron chi connectivity index (χ0n) is 14.7. The van der Waals surface area contributed by atoms with Crippen LogP contribution in [0.25, 0.3) is 0 Å². The first-order valence-corrected chi connectivity index (χ1v) is 7.98. The SMILES string of the molecule is NCC(=O)NC(O)(Cc1ccccc1CC(O)(NC(=O)CN)C(=O)O)C(=O)O. The molecule has 0 aromatic heterocycles. The average molecular weight is 398 g/mol. The Bertz CT molecular complexity index is 708. The summed E-state index contributed by atoms with van der Waals surface area (Å²) in [7, 11) is 0. The van der Waals surface area contributed by atoms with E-state index in [4.69, 9.17) is 11.5 Å². The standard InChI is InChI=1S/C16H22N4O8/c17-7-11(21)19-15(27,13(23)24)5-9-3-1-2-4-10(9)6-16(28,14(25)26)20-12(22)8-18/h1-4,27-28H,5-8,17-18H2,(H,19,21)(H,20,22)(H,23,24)(H,25,26). The van der Waals surface area contributed by atoms with E-state index in [0.717, 1.165) is 0 Å². The Balaban J connectivity index is 3.24. The molecular weight excluding hydrogens is 376 g/mol. The highest BCUT2D eigenvalue weighted by Gasteiger charge is 2.41. The van der Waals surface area contributed by atoms with Gasteiger partial charge in [-0.3, -0.25) is 9.59 Å². The first-order valence-electron chi connectivity index (χ1n) is 7.98. The molecule has 1 aromatic rings. The molecule has 2 atom stereocenters. The van der Waals surface area contributed by atoms with Crippen LogP contribution < -0.4 is 22.1 Å². The number of carbonyl (C=O) groups is 4. The molecule has 0 aliphatic heterocycles. The van der Waals surface area contributed by atoms with Crippen molar-refractivity contribution < 1.29 is 39.6 Å². The third-order valence-electron chi connectivity index (χ3n) is 3.78. The summed E-state index contributed by atoms with van der Waals surface area (Å²) < 4.78 is 0. The second kappa shape index (κ2) is 9.23. The van der Waals surface area contributed by atoms with Crippen LogP contribution in [0.3, 0.4) is 0 Å². The number of amides is 2. The molecule has 0 aliphatic rings. The van der Waals surface area contributed by atoms with Crippen molar-refractivity contribution in [2.75, 3.05) is 13.1 Å². The predicted octanol–water partition coefficient (Wildman–Crippen LogP) is -3.53. The number of hydrogen-bond donors (Lipinski definition) is 8. The minimum Gasteiger partial charge on any atom is -0.478 e. The predicted molar refractivity (Wildman–Crippen MR) is 93.4 cm³/mol. The van der Waals surface area contributed by atoms with E-state index in [1.54, 1.807) is 0 Å². The summed E-state index contributed by atoms with van der Waals surface area (Å²) in [4.78, 5) is 45.8. The van der Waals surface area contributed by atoms with E-state index in [1.807, 2.05) is 10.6 Å². The molecule has 1 aromatic carbocycles. The largest absolute Gasteiger partial charge is 0.478 e. The zero-order chi connectivity index (χ0) is 21.5. The number of carboxylic acids is 2. The number of carboxylic acid groups (broad SMARTS) is 2. The number of rotatable bonds is 10. The van der Waals surface area contributed by atoms with Gasteiger partial charge in [0.1, 0.15) is 0 Å². The van der Waals surface area contributed by atoms with E-state index in [-0.39, 0.29) is 11.1 Å². The number of hydrogen-bond acceptors (Lipinski definition) is 8. The van der Waals surface area contributed by atoms with Gasteiger partial charge in [-0.25, -0.2) is 9.59 Å². The van der Waals surface area contributed by atoms with Crippen molar-refractivity contribution in [2.45, 2.75) is 24.3 Å². The van der Waals surface area contributed by atoms with Gasteiger partial charge in [-0.15, -0.1) is 0 Å². The molecule has 154 valence electrons. The van der Waals surface area contributed by atoms with Crippen LogP contribution in [-0.4, -0.2) is 68.7 Å². The van der Waals surface area contributed by atoms with Crippen molar-refractivity contribution >= 4 is 23.8 Å². The summed E-state index contributed by atoms with van der Waals surface area (Å²) in [5, 5.41) is 42.9. The average Bonchev–Trinajstić information content (AvgIpc) is 2.62. The highest BCUT2D eigenvalue weighted by molar-refractivity contribution is 5.87. The maximum absolute atomic E-state index is 11.4. The van der Waals surface area contributed by atoms with Gasteiger partial charge < -0.3 is 42.5 Å². The Kier molecular flexibility index (Phi) is 7.58. The van der Waals surface area contributed by atoms with Gasteiger partial charge in [-0.1, -0.05) is 24.3 Å². The van der Waals surface area contributed by atoms with Crippen LogP contribution in [0.5, 0.6) is 0 Å². The first-order chi connectivity index (χ1) is 13.0. The lowest BCUT2D eigenvalue weighted by Crippen LogP contribution is -2.58. The minimum absolute atomic E-state index is 0.103. The lowest BCUT2D eigenvalue weighted by molar-refractivity contribution is -0.166. The second-order valence-electron chi connectivity index (χ2n) is 5.96. The third kappa shape index (κ3) is 5.72. The van der Waals surface area contributed by atoms with Crippen LogP contribution in [0.2, 0.25) is 0 Å². The molecule has 0 aliphatic carbocycles. The highest BCUT2D eigenvalue weighted by Crippen LogP contribution is 2.20. The van der Waals surface area contributed by atoms with Crippen LogP contribution in [-0.2, 0) is 32.0 Å². The quantitative estimate of drug-likeness (QED) is 0.181. The van der Waals surface area contributed by atoms with Crippen molar-refractivity contribution in [3.05, 3.63) is 35.4 Å². The molecule has 2 unspecified atom stereocenters. The first kappa shape index (κ1) is 23.0. The van der Waals surface area contributed by atoms with E-state index in [1.165, 1.54) is 24.3 Å². The van der Waals surface area contributed by atoms with Crippen LogP contribution in [0.4, 0.5) is 0 Å². The maximum atomic E-state index is 11.4. The molecule has 0 saturated carbocycles. The third-order valence-corrected chi connectivity index (χ3v) is 3.78. The molecule has 28 heavy (non-hydrogen) atoms. The molecule has 0 bridgehead atoms. The van der Waals surface area contributed by atoms with Gasteiger partial charge in [-0.2, -0.15) is 0 Å². The summed E-state index contributed by atoms with van der Waals surface area (Å²) in [5.41, 5.74) is 4.98. The van der Waals surface area contributed by atoms with Crippen LogP contribution in [0.15, 0.2) is 24.3 Å². The number of nitrogens with two attached hydrogens (primary N) is 2. The van der Waals surface area contributed by atoms with Gasteiger partial charge in [0.2, 0.25) is 23.3 Å². The summed E-state index contributed by atoms with van der Waals surface area (Å²) in [6.07, 6.45) is -1.32. The topological polar surface area (TPSA) is 225 Å². The molecule has 10 N–H and O–H groups in total. The lowest BCUT2D eigenvalue weighted by atomic mass is 9.92. The molecule has 2 amide bonds.